The second-order valence-corrected chi connectivity index (χ2v) is 13.7. The van der Waals surface area contributed by atoms with E-state index in [9.17, 15) is 20.1 Å². The Kier molecular flexibility index (Phi) is 8.03. The van der Waals surface area contributed by atoms with E-state index in [1.807, 2.05) is 43.2 Å². The van der Waals surface area contributed by atoms with Crippen LogP contribution in [-0.2, 0) is 22.2 Å². The van der Waals surface area contributed by atoms with Crippen molar-refractivity contribution in [1.29, 1.82) is 0 Å². The van der Waals surface area contributed by atoms with E-state index in [1.165, 1.54) is 11.1 Å². The largest absolute Gasteiger partial charge is 0.490 e. The van der Waals surface area contributed by atoms with E-state index >= 15 is 0 Å². The lowest BCUT2D eigenvalue weighted by molar-refractivity contribution is -0.160. The van der Waals surface area contributed by atoms with E-state index in [0.29, 0.717) is 43.1 Å². The van der Waals surface area contributed by atoms with Crippen molar-refractivity contribution in [2.24, 2.45) is 11.8 Å². The van der Waals surface area contributed by atoms with Gasteiger partial charge in [0.1, 0.15) is 5.75 Å². The molecule has 2 bridgehead atoms. The second kappa shape index (κ2) is 11.5. The van der Waals surface area contributed by atoms with E-state index < -0.39 is 17.7 Å². The molecule has 0 unspecified atom stereocenters. The molecule has 8 heteroatoms. The minimum absolute atomic E-state index is 0.0134. The lowest BCUT2D eigenvalue weighted by atomic mass is 9.68. The van der Waals surface area contributed by atoms with Crippen molar-refractivity contribution in [3.8, 4) is 5.75 Å². The maximum atomic E-state index is 12.7. The molecule has 4 aliphatic rings. The van der Waals surface area contributed by atoms with Crippen molar-refractivity contribution >= 4 is 23.3 Å². The number of carboxylic acids is 1. The average molecular weight is 607 g/mol. The van der Waals surface area contributed by atoms with Gasteiger partial charge in [0.25, 0.3) is 0 Å². The Morgan fingerprint density at radius 1 is 1.19 bits per heavy atom. The van der Waals surface area contributed by atoms with Crippen molar-refractivity contribution in [3.05, 3.63) is 82.5 Å². The van der Waals surface area contributed by atoms with Gasteiger partial charge in [-0.25, -0.2) is 4.79 Å². The SMILES string of the molecule is C=C1C[C@](O)(C(=O)O)c2ccc3c(c2)N(C[C@@H]2CC[C@H]2[C@@H](O)/C=C/C[C@H](C)N1C)C[C@@]1(CCCc2cc(Cl)ccc21)CO3. The summed E-state index contributed by atoms with van der Waals surface area (Å²) in [6.07, 6.45) is 8.86. The number of aliphatic hydroxyl groups excluding tert-OH is 1. The van der Waals surface area contributed by atoms with Gasteiger partial charge in [-0.1, -0.05) is 42.5 Å². The van der Waals surface area contributed by atoms with Gasteiger partial charge in [0.2, 0.25) is 0 Å². The lowest BCUT2D eigenvalue weighted by Gasteiger charge is -2.45. The van der Waals surface area contributed by atoms with Gasteiger partial charge in [0, 0.05) is 48.7 Å². The van der Waals surface area contributed by atoms with E-state index in [0.717, 1.165) is 42.8 Å². The highest BCUT2D eigenvalue weighted by Gasteiger charge is 2.45. The smallest absolute Gasteiger partial charge is 0.340 e. The first-order chi connectivity index (χ1) is 20.5. The number of hydrogen-bond acceptors (Lipinski definition) is 6. The third-order valence-corrected chi connectivity index (χ3v) is 10.9. The van der Waals surface area contributed by atoms with Gasteiger partial charge in [-0.15, -0.1) is 0 Å². The number of nitrogens with zero attached hydrogens (tertiary/aromatic N) is 2. The predicted octanol–water partition coefficient (Wildman–Crippen LogP) is 5.66. The zero-order valence-electron chi connectivity index (χ0n) is 25.1. The number of fused-ring (bicyclic) bond motifs is 4. The first-order valence-corrected chi connectivity index (χ1v) is 15.9. The predicted molar refractivity (Wildman–Crippen MR) is 169 cm³/mol. The molecule has 1 fully saturated rings. The number of aliphatic carboxylic acids is 1. The zero-order valence-corrected chi connectivity index (χ0v) is 25.9. The molecular formula is C35H43ClN2O5. The highest BCUT2D eigenvalue weighted by Crippen LogP contribution is 2.47. The van der Waals surface area contributed by atoms with Crippen LogP contribution >= 0.6 is 11.6 Å². The number of rotatable bonds is 1. The van der Waals surface area contributed by atoms with Gasteiger partial charge in [-0.2, -0.15) is 0 Å². The summed E-state index contributed by atoms with van der Waals surface area (Å²) in [6.45, 7) is 8.07. The molecule has 2 aromatic rings. The molecule has 1 saturated carbocycles. The second-order valence-electron chi connectivity index (χ2n) is 13.3. The summed E-state index contributed by atoms with van der Waals surface area (Å²) in [7, 11) is 1.87. The van der Waals surface area contributed by atoms with Crippen molar-refractivity contribution in [2.75, 3.05) is 31.6 Å². The highest BCUT2D eigenvalue weighted by molar-refractivity contribution is 6.30. The van der Waals surface area contributed by atoms with Gasteiger partial charge < -0.3 is 29.9 Å². The van der Waals surface area contributed by atoms with Gasteiger partial charge in [-0.05, 0) is 98.2 Å². The molecule has 230 valence electrons. The lowest BCUT2D eigenvalue weighted by Crippen LogP contribution is -2.49. The number of benzene rings is 2. The van der Waals surface area contributed by atoms with Crippen LogP contribution in [0.5, 0.6) is 5.75 Å². The Labute approximate surface area is 259 Å². The van der Waals surface area contributed by atoms with Crippen molar-refractivity contribution < 1.29 is 24.9 Å². The van der Waals surface area contributed by atoms with Crippen LogP contribution in [-0.4, -0.2) is 65.1 Å². The highest BCUT2D eigenvalue weighted by atomic mass is 35.5. The molecule has 43 heavy (non-hydrogen) atoms. The van der Waals surface area contributed by atoms with Crippen molar-refractivity contribution in [1.82, 2.24) is 4.90 Å². The molecule has 6 atom stereocenters. The third kappa shape index (κ3) is 5.45. The van der Waals surface area contributed by atoms with Crippen LogP contribution in [0.2, 0.25) is 5.02 Å². The number of anilines is 1. The summed E-state index contributed by atoms with van der Waals surface area (Å²) < 4.78 is 6.59. The third-order valence-electron chi connectivity index (χ3n) is 10.7. The van der Waals surface area contributed by atoms with Crippen LogP contribution in [0.3, 0.4) is 0 Å². The topological polar surface area (TPSA) is 93.5 Å². The number of carboxylic acid groups (broad SMARTS) is 1. The Hall–Kier alpha value is -3.00. The summed E-state index contributed by atoms with van der Waals surface area (Å²) in [5.74, 6) is -0.219. The molecule has 0 radical (unpaired) electrons. The Balaban J connectivity index is 1.46. The van der Waals surface area contributed by atoms with Gasteiger partial charge in [0.15, 0.2) is 5.60 Å². The number of aliphatic hydroxyl groups is 2. The molecule has 0 aromatic heterocycles. The standard InChI is InChI=1S/C35H43ClN2O5/c1-22-6-4-8-31(39)28-12-9-25(28)19-38-20-34(15-5-7-24-16-27(36)11-13-29(24)34)21-43-32-14-10-26(17-30(32)38)35(42,33(40)41)18-23(2)37(22)3/h4,8,10-11,13-14,16-17,22,25,28,31,39,42H,2,5-7,9,12,15,18-21H2,1,3H3,(H,40,41)/b8-4+/t22-,25-,28+,31-,34-,35+/m0/s1. The van der Waals surface area contributed by atoms with E-state index in [2.05, 4.69) is 23.6 Å². The number of carbonyl (C=O) groups is 1. The summed E-state index contributed by atoms with van der Waals surface area (Å²) in [6, 6.07) is 11.5. The van der Waals surface area contributed by atoms with Crippen molar-refractivity contribution in [2.45, 2.75) is 75.0 Å². The first-order valence-electron chi connectivity index (χ1n) is 15.5. The summed E-state index contributed by atoms with van der Waals surface area (Å²) >= 11 is 6.41. The van der Waals surface area contributed by atoms with Gasteiger partial charge in [-0.3, -0.25) is 0 Å². The molecule has 1 spiro atoms. The van der Waals surface area contributed by atoms with E-state index in [1.54, 1.807) is 12.1 Å². The van der Waals surface area contributed by atoms with Crippen LogP contribution in [0.4, 0.5) is 5.69 Å². The molecule has 7 nitrogen and oxygen atoms in total. The molecule has 0 saturated heterocycles. The van der Waals surface area contributed by atoms with Crippen molar-refractivity contribution in [3.63, 3.8) is 0 Å². The molecular weight excluding hydrogens is 564 g/mol. The van der Waals surface area contributed by atoms with Crippen LogP contribution in [0.1, 0.15) is 62.1 Å². The Bertz CT molecular complexity index is 1440. The number of ether oxygens (including phenoxy) is 1. The fourth-order valence-electron chi connectivity index (χ4n) is 7.67. The summed E-state index contributed by atoms with van der Waals surface area (Å²) in [5, 5.41) is 34.1. The van der Waals surface area contributed by atoms with Crippen LogP contribution < -0.4 is 9.64 Å². The maximum absolute atomic E-state index is 12.7. The van der Waals surface area contributed by atoms with E-state index in [-0.39, 0.29) is 29.7 Å². The summed E-state index contributed by atoms with van der Waals surface area (Å²) in [5.41, 5.74) is 1.69. The normalized spacial score (nSPS) is 33.5. The quantitative estimate of drug-likeness (QED) is 0.361. The van der Waals surface area contributed by atoms with Crippen LogP contribution in [0.15, 0.2) is 60.8 Å². The summed E-state index contributed by atoms with van der Waals surface area (Å²) in [4.78, 5) is 17.0. The number of halogens is 1. The van der Waals surface area contributed by atoms with Gasteiger partial charge >= 0.3 is 5.97 Å². The number of hydrogen-bond donors (Lipinski definition) is 3. The molecule has 2 aliphatic carbocycles. The molecule has 6 rings (SSSR count). The first kappa shape index (κ1) is 30.0. The van der Waals surface area contributed by atoms with Crippen LogP contribution in [0, 0.1) is 11.8 Å². The zero-order chi connectivity index (χ0) is 30.5. The molecule has 2 aromatic carbocycles. The molecule has 0 amide bonds. The Morgan fingerprint density at radius 2 is 2.00 bits per heavy atom. The van der Waals surface area contributed by atoms with E-state index in [4.69, 9.17) is 16.3 Å². The minimum Gasteiger partial charge on any atom is -0.490 e. The number of aryl methyl sites for hydroxylation is 1. The molecule has 2 heterocycles. The fourth-order valence-corrected chi connectivity index (χ4v) is 7.87. The molecule has 3 N–H and O–H groups in total. The Morgan fingerprint density at radius 3 is 2.74 bits per heavy atom. The average Bonchev–Trinajstić information content (AvgIpc) is 3.11. The van der Waals surface area contributed by atoms with Crippen LogP contribution in [0.25, 0.3) is 0 Å². The molecule has 2 aliphatic heterocycles. The van der Waals surface area contributed by atoms with Gasteiger partial charge in [0.05, 0.1) is 18.4 Å². The fraction of sp³-hybridized carbons (Fsp3) is 0.514. The monoisotopic (exact) mass is 606 g/mol. The maximum Gasteiger partial charge on any atom is 0.340 e. The minimum atomic E-state index is -2.16.